The fraction of sp³-hybridized carbons (Fsp3) is 0.750. The second-order valence-electron chi connectivity index (χ2n) is 10.3. The Balaban J connectivity index is 1.36. The van der Waals surface area contributed by atoms with Crippen LogP contribution in [0.1, 0.15) is 56.1 Å². The van der Waals surface area contributed by atoms with Crippen LogP contribution in [0.3, 0.4) is 0 Å². The van der Waals surface area contributed by atoms with E-state index in [1.807, 2.05) is 0 Å². The minimum atomic E-state index is 0.0685. The van der Waals surface area contributed by atoms with E-state index in [1.165, 1.54) is 62.6 Å². The Morgan fingerprint density at radius 2 is 1.73 bits per heavy atom. The summed E-state index contributed by atoms with van der Waals surface area (Å²) in [6.45, 7) is 4.94. The number of benzene rings is 1. The van der Waals surface area contributed by atoms with Crippen LogP contribution in [0.5, 0.6) is 0 Å². The van der Waals surface area contributed by atoms with Crippen LogP contribution in [-0.4, -0.2) is 35.7 Å². The first-order valence-electron chi connectivity index (χ1n) is 11.1. The highest BCUT2D eigenvalue weighted by Crippen LogP contribution is 2.56. The molecule has 0 amide bonds. The molecule has 5 aliphatic rings. The number of likely N-dealkylation sites (tertiary alicyclic amines) is 1. The maximum absolute atomic E-state index is 10.4. The van der Waals surface area contributed by atoms with Gasteiger partial charge >= 0.3 is 0 Å². The molecule has 1 N–H and O–H groups in total. The van der Waals surface area contributed by atoms with Crippen LogP contribution in [0.25, 0.3) is 0 Å². The third-order valence-electron chi connectivity index (χ3n) is 8.45. The minimum absolute atomic E-state index is 0.0685. The summed E-state index contributed by atoms with van der Waals surface area (Å²) in [5.41, 5.74) is 2.89. The third kappa shape index (κ3) is 2.94. The summed E-state index contributed by atoms with van der Waals surface area (Å²) in [6, 6.07) is 9.61. The molecule has 4 aliphatic carbocycles. The molecule has 1 atom stereocenters. The van der Waals surface area contributed by atoms with Crippen molar-refractivity contribution in [3.8, 4) is 0 Å². The third-order valence-corrected chi connectivity index (χ3v) is 8.45. The Labute approximate surface area is 159 Å². The first-order chi connectivity index (χ1) is 12.7. The molecule has 0 aromatic heterocycles. The Kier molecular flexibility index (Phi) is 4.40. The van der Waals surface area contributed by atoms with Gasteiger partial charge in [-0.05, 0) is 99.6 Å². The first-order valence-corrected chi connectivity index (χ1v) is 11.1. The van der Waals surface area contributed by atoms with Crippen molar-refractivity contribution in [2.24, 2.45) is 29.1 Å². The van der Waals surface area contributed by atoms with E-state index in [2.05, 4.69) is 36.1 Å². The van der Waals surface area contributed by atoms with Crippen LogP contribution in [0, 0.1) is 36.0 Å². The minimum Gasteiger partial charge on any atom is -0.396 e. The second kappa shape index (κ2) is 6.63. The maximum Gasteiger partial charge on any atom is 0.0502 e. The number of aliphatic hydroxyl groups excluding tert-OH is 1. The van der Waals surface area contributed by atoms with Crippen molar-refractivity contribution in [2.75, 3.05) is 19.7 Å². The first kappa shape index (κ1) is 17.3. The zero-order chi connectivity index (χ0) is 17.7. The molecule has 4 bridgehead atoms. The summed E-state index contributed by atoms with van der Waals surface area (Å²) >= 11 is 0. The Hall–Kier alpha value is -0.860. The Morgan fingerprint density at radius 3 is 2.38 bits per heavy atom. The van der Waals surface area contributed by atoms with Gasteiger partial charge in [0.2, 0.25) is 0 Å². The molecule has 6 rings (SSSR count). The second-order valence-corrected chi connectivity index (χ2v) is 10.3. The van der Waals surface area contributed by atoms with Crippen molar-refractivity contribution in [2.45, 2.75) is 64.3 Å². The molecule has 1 saturated heterocycles. The molecule has 1 aromatic rings. The predicted molar refractivity (Wildman–Crippen MR) is 106 cm³/mol. The molecule has 1 unspecified atom stereocenters. The van der Waals surface area contributed by atoms with Crippen molar-refractivity contribution in [1.82, 2.24) is 4.90 Å². The van der Waals surface area contributed by atoms with Crippen LogP contribution in [0.15, 0.2) is 24.3 Å². The molecule has 1 aromatic carbocycles. The van der Waals surface area contributed by atoms with Crippen LogP contribution < -0.4 is 0 Å². The number of rotatable bonds is 4. The summed E-state index contributed by atoms with van der Waals surface area (Å²) in [5, 5.41) is 10.4. The van der Waals surface area contributed by atoms with Gasteiger partial charge in [-0.2, -0.15) is 0 Å². The van der Waals surface area contributed by atoms with Crippen molar-refractivity contribution < 1.29 is 5.11 Å². The van der Waals surface area contributed by atoms with Crippen LogP contribution in [0.2, 0.25) is 0 Å². The van der Waals surface area contributed by atoms with Gasteiger partial charge < -0.3 is 5.11 Å². The Morgan fingerprint density at radius 1 is 1.04 bits per heavy atom. The van der Waals surface area contributed by atoms with Crippen LogP contribution in [0.4, 0.5) is 0 Å². The van der Waals surface area contributed by atoms with E-state index >= 15 is 0 Å². The molecule has 0 radical (unpaired) electrons. The Bertz CT molecular complexity index is 627. The number of aliphatic hydroxyl groups is 1. The zero-order valence-corrected chi connectivity index (χ0v) is 16.4. The summed E-state index contributed by atoms with van der Waals surface area (Å²) in [5.74, 6) is 4.01. The van der Waals surface area contributed by atoms with Gasteiger partial charge in [-0.1, -0.05) is 24.3 Å². The summed E-state index contributed by atoms with van der Waals surface area (Å²) in [4.78, 5) is 2.85. The number of aryl methyl sites for hydroxylation is 1. The zero-order valence-electron chi connectivity index (χ0n) is 16.4. The number of hydrogen-bond acceptors (Lipinski definition) is 2. The van der Waals surface area contributed by atoms with E-state index in [1.54, 1.807) is 0 Å². The number of hydrogen-bond donors (Lipinski definition) is 1. The number of nitrogens with zero attached hydrogens (tertiary/aromatic N) is 1. The molecule has 4 saturated carbocycles. The molecular formula is C24H35NO. The van der Waals surface area contributed by atoms with Gasteiger partial charge in [0.25, 0.3) is 0 Å². The quantitative estimate of drug-likeness (QED) is 0.865. The maximum atomic E-state index is 10.4. The van der Waals surface area contributed by atoms with Crippen LogP contribution >= 0.6 is 0 Å². The lowest BCUT2D eigenvalue weighted by Crippen LogP contribution is -2.60. The topological polar surface area (TPSA) is 23.5 Å². The van der Waals surface area contributed by atoms with Crippen molar-refractivity contribution in [3.63, 3.8) is 0 Å². The average Bonchev–Trinajstić information content (AvgIpc) is 2.63. The predicted octanol–water partition coefficient (Wildman–Crippen LogP) is 4.44. The molecule has 2 heteroatoms. The SMILES string of the molecule is Cc1ccccc1CC1(CO)CCCN(C2C3CC4CC(C3)CC2C4)C1. The fourth-order valence-corrected chi connectivity index (χ4v) is 7.53. The van der Waals surface area contributed by atoms with E-state index < -0.39 is 0 Å². The van der Waals surface area contributed by atoms with E-state index in [4.69, 9.17) is 0 Å². The monoisotopic (exact) mass is 353 g/mol. The fourth-order valence-electron chi connectivity index (χ4n) is 7.53. The molecule has 2 nitrogen and oxygen atoms in total. The van der Waals surface area contributed by atoms with E-state index in [0.717, 1.165) is 42.7 Å². The standard InChI is InChI=1S/C24H35NO/c1-17-5-2-3-6-20(17)14-24(16-26)7-4-8-25(15-24)23-21-10-18-9-19(12-21)13-22(23)11-18/h2-3,5-6,18-19,21-23,26H,4,7-16H2,1H3. The number of piperidine rings is 1. The smallest absolute Gasteiger partial charge is 0.0502 e. The largest absolute Gasteiger partial charge is 0.396 e. The molecule has 26 heavy (non-hydrogen) atoms. The molecular weight excluding hydrogens is 318 g/mol. The highest BCUT2D eigenvalue weighted by molar-refractivity contribution is 5.27. The highest BCUT2D eigenvalue weighted by atomic mass is 16.3. The average molecular weight is 354 g/mol. The molecule has 0 spiro atoms. The van der Waals surface area contributed by atoms with Gasteiger partial charge in [0.1, 0.15) is 0 Å². The van der Waals surface area contributed by atoms with Crippen molar-refractivity contribution in [1.29, 1.82) is 0 Å². The molecule has 5 fully saturated rings. The highest BCUT2D eigenvalue weighted by Gasteiger charge is 2.51. The van der Waals surface area contributed by atoms with E-state index in [0.29, 0.717) is 6.61 Å². The van der Waals surface area contributed by atoms with Gasteiger partial charge in [0.05, 0.1) is 6.61 Å². The van der Waals surface area contributed by atoms with Gasteiger partial charge in [-0.25, -0.2) is 0 Å². The van der Waals surface area contributed by atoms with E-state index in [9.17, 15) is 5.11 Å². The van der Waals surface area contributed by atoms with Gasteiger partial charge in [0, 0.05) is 18.0 Å². The summed E-state index contributed by atoms with van der Waals surface area (Å²) in [6.07, 6.45) is 11.0. The lowest BCUT2D eigenvalue weighted by atomic mass is 9.53. The van der Waals surface area contributed by atoms with Crippen molar-refractivity contribution in [3.05, 3.63) is 35.4 Å². The normalized spacial score (nSPS) is 42.3. The summed E-state index contributed by atoms with van der Waals surface area (Å²) in [7, 11) is 0. The van der Waals surface area contributed by atoms with Crippen LogP contribution in [-0.2, 0) is 6.42 Å². The van der Waals surface area contributed by atoms with Gasteiger partial charge in [-0.15, -0.1) is 0 Å². The van der Waals surface area contributed by atoms with Gasteiger partial charge in [-0.3, -0.25) is 4.90 Å². The van der Waals surface area contributed by atoms with E-state index in [-0.39, 0.29) is 5.41 Å². The van der Waals surface area contributed by atoms with Gasteiger partial charge in [0.15, 0.2) is 0 Å². The summed E-state index contributed by atoms with van der Waals surface area (Å²) < 4.78 is 0. The lowest BCUT2D eigenvalue weighted by Gasteiger charge is -2.59. The molecule has 1 heterocycles. The van der Waals surface area contributed by atoms with Crippen molar-refractivity contribution >= 4 is 0 Å². The lowest BCUT2D eigenvalue weighted by molar-refractivity contribution is -0.0933. The molecule has 1 aliphatic heterocycles. The molecule has 142 valence electrons.